The van der Waals surface area contributed by atoms with Crippen molar-refractivity contribution in [2.45, 2.75) is 38.5 Å². The van der Waals surface area contributed by atoms with Crippen molar-refractivity contribution in [2.24, 2.45) is 0 Å². The van der Waals surface area contributed by atoms with Gasteiger partial charge < -0.3 is 15.2 Å². The highest BCUT2D eigenvalue weighted by molar-refractivity contribution is 7.98. The molecule has 0 saturated heterocycles. The molecule has 0 radical (unpaired) electrons. The van der Waals surface area contributed by atoms with Gasteiger partial charge in [0, 0.05) is 18.2 Å². The number of aryl methyl sites for hydroxylation is 1. The SMILES string of the molecule is CSCC[C@H](NC(=O)c1ccc(COC(Cc2ccccc2)c2cncs2)cc1-c1ccccc1C)C(=O)O. The maximum absolute atomic E-state index is 13.3. The Kier molecular flexibility index (Phi) is 10.3. The lowest BCUT2D eigenvalue weighted by atomic mass is 9.93. The van der Waals surface area contributed by atoms with E-state index < -0.39 is 17.9 Å². The predicted molar refractivity (Wildman–Crippen MR) is 158 cm³/mol. The quantitative estimate of drug-likeness (QED) is 0.193. The van der Waals surface area contributed by atoms with E-state index >= 15 is 0 Å². The van der Waals surface area contributed by atoms with Gasteiger partial charge >= 0.3 is 5.97 Å². The van der Waals surface area contributed by atoms with E-state index in [0.717, 1.165) is 33.6 Å². The first-order chi connectivity index (χ1) is 19.0. The van der Waals surface area contributed by atoms with E-state index in [1.54, 1.807) is 29.2 Å². The predicted octanol–water partition coefficient (Wildman–Crippen LogP) is 6.56. The fraction of sp³-hybridized carbons (Fsp3) is 0.258. The highest BCUT2D eigenvalue weighted by Gasteiger charge is 2.23. The van der Waals surface area contributed by atoms with Crippen LogP contribution in [0.1, 0.15) is 44.5 Å². The lowest BCUT2D eigenvalue weighted by molar-refractivity contribution is -0.139. The molecule has 1 unspecified atom stereocenters. The Bertz CT molecular complexity index is 1380. The van der Waals surface area contributed by atoms with E-state index in [9.17, 15) is 14.7 Å². The lowest BCUT2D eigenvalue weighted by Gasteiger charge is -2.19. The highest BCUT2D eigenvalue weighted by atomic mass is 32.2. The third-order valence-electron chi connectivity index (χ3n) is 6.46. The Morgan fingerprint density at radius 1 is 1.03 bits per heavy atom. The molecule has 0 bridgehead atoms. The molecule has 0 aliphatic carbocycles. The second kappa shape index (κ2) is 14.1. The molecular weight excluding hydrogens is 528 g/mol. The third-order valence-corrected chi connectivity index (χ3v) is 7.97. The van der Waals surface area contributed by atoms with Gasteiger partial charge in [0.2, 0.25) is 0 Å². The molecule has 3 aromatic carbocycles. The summed E-state index contributed by atoms with van der Waals surface area (Å²) in [5.74, 6) is -0.796. The van der Waals surface area contributed by atoms with Crippen molar-refractivity contribution in [3.63, 3.8) is 0 Å². The van der Waals surface area contributed by atoms with Crippen LogP contribution in [-0.2, 0) is 22.6 Å². The van der Waals surface area contributed by atoms with Crippen LogP contribution >= 0.6 is 23.1 Å². The molecule has 2 atom stereocenters. The number of nitrogens with zero attached hydrogens (tertiary/aromatic N) is 1. The van der Waals surface area contributed by atoms with Crippen LogP contribution in [0, 0.1) is 6.92 Å². The number of nitrogens with one attached hydrogen (secondary N) is 1. The first-order valence-corrected chi connectivity index (χ1v) is 15.0. The number of thiazole rings is 1. The summed E-state index contributed by atoms with van der Waals surface area (Å²) in [6.07, 6.45) is 4.68. The molecule has 0 fully saturated rings. The van der Waals surface area contributed by atoms with E-state index in [1.165, 1.54) is 5.56 Å². The molecular formula is C31H32N2O4S2. The van der Waals surface area contributed by atoms with Crippen molar-refractivity contribution in [3.05, 3.63) is 112 Å². The van der Waals surface area contributed by atoms with Crippen molar-refractivity contribution in [1.29, 1.82) is 0 Å². The standard InChI is InChI=1S/C31H32N2O4S2/c1-21-8-6-7-11-24(21)26-16-23(12-13-25(26)30(34)33-27(31(35)36)14-15-38-2)19-37-28(29-18-32-20-39-29)17-22-9-4-3-5-10-22/h3-13,16,18,20,27-28H,14-15,17,19H2,1-2H3,(H,33,34)(H,35,36)/t27-,28?/m0/s1. The van der Waals surface area contributed by atoms with Gasteiger partial charge in [-0.1, -0.05) is 60.7 Å². The number of carbonyl (C=O) groups excluding carboxylic acids is 1. The monoisotopic (exact) mass is 560 g/mol. The van der Waals surface area contributed by atoms with E-state index in [0.29, 0.717) is 24.3 Å². The van der Waals surface area contributed by atoms with Crippen LogP contribution in [0.4, 0.5) is 0 Å². The zero-order chi connectivity index (χ0) is 27.6. The average molecular weight is 561 g/mol. The molecule has 1 aromatic heterocycles. The average Bonchev–Trinajstić information content (AvgIpc) is 3.49. The van der Waals surface area contributed by atoms with Crippen LogP contribution in [0.3, 0.4) is 0 Å². The number of thioether (sulfide) groups is 1. The van der Waals surface area contributed by atoms with Gasteiger partial charge in [-0.2, -0.15) is 11.8 Å². The molecule has 0 aliphatic rings. The molecule has 202 valence electrons. The largest absolute Gasteiger partial charge is 0.480 e. The number of carboxylic acid groups (broad SMARTS) is 1. The summed E-state index contributed by atoms with van der Waals surface area (Å²) in [4.78, 5) is 30.4. The molecule has 0 saturated carbocycles. The van der Waals surface area contributed by atoms with Crippen molar-refractivity contribution in [3.8, 4) is 11.1 Å². The second-order valence-corrected chi connectivity index (χ2v) is 11.1. The van der Waals surface area contributed by atoms with Gasteiger partial charge in [0.05, 0.1) is 23.1 Å². The van der Waals surface area contributed by atoms with Gasteiger partial charge in [-0.05, 0) is 65.3 Å². The Morgan fingerprint density at radius 3 is 2.49 bits per heavy atom. The van der Waals surface area contributed by atoms with Crippen molar-refractivity contribution in [2.75, 3.05) is 12.0 Å². The van der Waals surface area contributed by atoms with Crippen LogP contribution in [0.25, 0.3) is 11.1 Å². The van der Waals surface area contributed by atoms with E-state index in [-0.39, 0.29) is 6.10 Å². The van der Waals surface area contributed by atoms with Gasteiger partial charge in [0.25, 0.3) is 5.91 Å². The van der Waals surface area contributed by atoms with Crippen molar-refractivity contribution >= 4 is 35.0 Å². The Labute approximate surface area is 237 Å². The smallest absolute Gasteiger partial charge is 0.326 e. The number of ether oxygens (including phenoxy) is 1. The Balaban J connectivity index is 1.61. The third kappa shape index (κ3) is 7.79. The minimum Gasteiger partial charge on any atom is -0.480 e. The second-order valence-electron chi connectivity index (χ2n) is 9.23. The summed E-state index contributed by atoms with van der Waals surface area (Å²) >= 11 is 3.12. The Morgan fingerprint density at radius 2 is 1.79 bits per heavy atom. The maximum Gasteiger partial charge on any atom is 0.326 e. The maximum atomic E-state index is 13.3. The van der Waals surface area contributed by atoms with E-state index in [2.05, 4.69) is 22.4 Å². The molecule has 0 spiro atoms. The van der Waals surface area contributed by atoms with Crippen LogP contribution in [0.15, 0.2) is 84.5 Å². The molecule has 39 heavy (non-hydrogen) atoms. The number of hydrogen-bond acceptors (Lipinski definition) is 6. The van der Waals surface area contributed by atoms with Gasteiger partial charge in [-0.25, -0.2) is 4.79 Å². The molecule has 0 aliphatic heterocycles. The highest BCUT2D eigenvalue weighted by Crippen LogP contribution is 2.31. The summed E-state index contributed by atoms with van der Waals surface area (Å²) in [6, 6.07) is 22.7. The fourth-order valence-corrected chi connectivity index (χ4v) is 5.50. The van der Waals surface area contributed by atoms with Crippen LogP contribution < -0.4 is 5.32 Å². The molecule has 1 amide bonds. The molecule has 6 nitrogen and oxygen atoms in total. The number of carbonyl (C=O) groups is 2. The van der Waals surface area contributed by atoms with E-state index in [4.69, 9.17) is 4.74 Å². The van der Waals surface area contributed by atoms with Gasteiger partial charge in [-0.15, -0.1) is 11.3 Å². The minimum absolute atomic E-state index is 0.155. The van der Waals surface area contributed by atoms with Crippen molar-refractivity contribution < 1.29 is 19.4 Å². The first-order valence-electron chi connectivity index (χ1n) is 12.7. The number of aliphatic carboxylic acids is 1. The van der Waals surface area contributed by atoms with Gasteiger partial charge in [0.1, 0.15) is 6.04 Å². The number of aromatic nitrogens is 1. The summed E-state index contributed by atoms with van der Waals surface area (Å²) in [7, 11) is 0. The molecule has 4 rings (SSSR count). The molecule has 8 heteroatoms. The summed E-state index contributed by atoms with van der Waals surface area (Å²) in [6.45, 7) is 2.35. The topological polar surface area (TPSA) is 88.5 Å². The molecule has 2 N–H and O–H groups in total. The summed E-state index contributed by atoms with van der Waals surface area (Å²) < 4.78 is 6.43. The molecule has 1 heterocycles. The van der Waals surface area contributed by atoms with Crippen LogP contribution in [-0.4, -0.2) is 40.0 Å². The summed E-state index contributed by atoms with van der Waals surface area (Å²) in [5, 5.41) is 12.4. The summed E-state index contributed by atoms with van der Waals surface area (Å²) in [5.41, 5.74) is 7.04. The lowest BCUT2D eigenvalue weighted by Crippen LogP contribution is -2.41. The number of benzene rings is 3. The van der Waals surface area contributed by atoms with Crippen LogP contribution in [0.5, 0.6) is 0 Å². The fourth-order valence-electron chi connectivity index (χ4n) is 4.36. The van der Waals surface area contributed by atoms with Crippen molar-refractivity contribution in [1.82, 2.24) is 10.3 Å². The number of hydrogen-bond donors (Lipinski definition) is 2. The first kappa shape index (κ1) is 28.5. The zero-order valence-electron chi connectivity index (χ0n) is 22.0. The number of amides is 1. The molecule has 4 aromatic rings. The van der Waals surface area contributed by atoms with Gasteiger partial charge in [-0.3, -0.25) is 9.78 Å². The zero-order valence-corrected chi connectivity index (χ0v) is 23.6. The number of carboxylic acids is 1. The Hall–Kier alpha value is -3.46. The van der Waals surface area contributed by atoms with Crippen LogP contribution in [0.2, 0.25) is 0 Å². The minimum atomic E-state index is -1.03. The number of rotatable bonds is 13. The van der Waals surface area contributed by atoms with Gasteiger partial charge in [0.15, 0.2) is 0 Å². The van der Waals surface area contributed by atoms with E-state index in [1.807, 2.05) is 79.5 Å². The normalized spacial score (nSPS) is 12.6.